The Labute approximate surface area is 77.5 Å². The Morgan fingerprint density at radius 1 is 1.54 bits per heavy atom. The lowest BCUT2D eigenvalue weighted by atomic mass is 9.90. The summed E-state index contributed by atoms with van der Waals surface area (Å²) in [5.74, 6) is 1.22. The average Bonchev–Trinajstić information content (AvgIpc) is 2.60. The van der Waals surface area contributed by atoms with E-state index in [2.05, 4.69) is 0 Å². The lowest BCUT2D eigenvalue weighted by molar-refractivity contribution is -0.111. The third-order valence-corrected chi connectivity index (χ3v) is 2.59. The maximum Gasteiger partial charge on any atom is 0.123 e. The van der Waals surface area contributed by atoms with Crippen molar-refractivity contribution in [3.05, 3.63) is 29.8 Å². The smallest absolute Gasteiger partial charge is 0.123 e. The number of carbonyl (C=O) groups is 1. The van der Waals surface area contributed by atoms with Crippen LogP contribution in [0.3, 0.4) is 0 Å². The van der Waals surface area contributed by atoms with Crippen LogP contribution in [0.1, 0.15) is 18.4 Å². The fraction of sp³-hybridized carbons (Fsp3) is 0.364. The minimum atomic E-state index is 0.0450. The summed E-state index contributed by atoms with van der Waals surface area (Å²) in [6.45, 7) is 2.57. The van der Waals surface area contributed by atoms with E-state index in [1.807, 2.05) is 31.2 Å². The standard InChI is InChI=1S/C11H12O2/c1-8(6-12)10-7-13-11-5-3-2-4-9(10)11/h2-6,8,10H,7H2,1H3. The first-order valence-corrected chi connectivity index (χ1v) is 4.50. The molecule has 2 atom stereocenters. The maximum absolute atomic E-state index is 10.6. The Morgan fingerprint density at radius 2 is 2.31 bits per heavy atom. The fourth-order valence-corrected chi connectivity index (χ4v) is 1.72. The molecule has 0 bridgehead atoms. The molecule has 2 unspecified atom stereocenters. The number of ether oxygens (including phenoxy) is 1. The van der Waals surface area contributed by atoms with E-state index in [9.17, 15) is 4.79 Å². The molecule has 0 spiro atoms. The van der Waals surface area contributed by atoms with Crippen LogP contribution in [0.15, 0.2) is 24.3 Å². The van der Waals surface area contributed by atoms with Crippen molar-refractivity contribution in [2.24, 2.45) is 5.92 Å². The van der Waals surface area contributed by atoms with Gasteiger partial charge in [-0.15, -0.1) is 0 Å². The van der Waals surface area contributed by atoms with Gasteiger partial charge < -0.3 is 9.53 Å². The van der Waals surface area contributed by atoms with Crippen LogP contribution in [0, 0.1) is 5.92 Å². The molecule has 1 heterocycles. The molecule has 1 aliphatic rings. The number of carbonyl (C=O) groups excluding carboxylic acids is 1. The molecule has 0 amide bonds. The van der Waals surface area contributed by atoms with Crippen LogP contribution in [0.5, 0.6) is 5.75 Å². The van der Waals surface area contributed by atoms with Crippen LogP contribution in [-0.4, -0.2) is 12.9 Å². The largest absolute Gasteiger partial charge is 0.493 e. The molecule has 2 heteroatoms. The van der Waals surface area contributed by atoms with Crippen LogP contribution in [0.2, 0.25) is 0 Å². The number of para-hydroxylation sites is 1. The summed E-state index contributed by atoms with van der Waals surface area (Å²) in [5.41, 5.74) is 1.17. The molecule has 2 nitrogen and oxygen atoms in total. The fourth-order valence-electron chi connectivity index (χ4n) is 1.72. The van der Waals surface area contributed by atoms with E-state index in [0.717, 1.165) is 12.0 Å². The Bertz CT molecular complexity index is 320. The SMILES string of the molecule is CC(C=O)C1COc2ccccc21. The highest BCUT2D eigenvalue weighted by Crippen LogP contribution is 2.37. The van der Waals surface area contributed by atoms with E-state index < -0.39 is 0 Å². The first-order valence-electron chi connectivity index (χ1n) is 4.50. The molecular weight excluding hydrogens is 164 g/mol. The number of hydrogen-bond acceptors (Lipinski definition) is 2. The molecule has 0 N–H and O–H groups in total. The zero-order chi connectivity index (χ0) is 9.26. The predicted octanol–water partition coefficient (Wildman–Crippen LogP) is 2.00. The van der Waals surface area contributed by atoms with Gasteiger partial charge in [-0.3, -0.25) is 0 Å². The molecule has 0 aromatic heterocycles. The van der Waals surface area contributed by atoms with Gasteiger partial charge in [-0.2, -0.15) is 0 Å². The molecule has 1 aromatic rings. The lowest BCUT2D eigenvalue weighted by Gasteiger charge is -2.10. The summed E-state index contributed by atoms with van der Waals surface area (Å²) in [7, 11) is 0. The number of aldehydes is 1. The van der Waals surface area contributed by atoms with Gasteiger partial charge in [0, 0.05) is 17.4 Å². The Balaban J connectivity index is 2.33. The van der Waals surface area contributed by atoms with Crippen molar-refractivity contribution in [3.8, 4) is 5.75 Å². The molecule has 0 fully saturated rings. The van der Waals surface area contributed by atoms with E-state index in [-0.39, 0.29) is 11.8 Å². The second-order valence-corrected chi connectivity index (χ2v) is 3.45. The van der Waals surface area contributed by atoms with Gasteiger partial charge in [0.25, 0.3) is 0 Å². The van der Waals surface area contributed by atoms with Gasteiger partial charge in [0.2, 0.25) is 0 Å². The minimum Gasteiger partial charge on any atom is -0.493 e. The summed E-state index contributed by atoms with van der Waals surface area (Å²) in [6.07, 6.45) is 0.996. The van der Waals surface area contributed by atoms with E-state index in [4.69, 9.17) is 4.74 Å². The van der Waals surface area contributed by atoms with Crippen LogP contribution in [0.25, 0.3) is 0 Å². The number of hydrogen-bond donors (Lipinski definition) is 0. The third-order valence-electron chi connectivity index (χ3n) is 2.59. The van der Waals surface area contributed by atoms with Crippen molar-refractivity contribution < 1.29 is 9.53 Å². The zero-order valence-electron chi connectivity index (χ0n) is 7.57. The van der Waals surface area contributed by atoms with E-state index in [1.165, 1.54) is 5.56 Å². The van der Waals surface area contributed by atoms with Crippen molar-refractivity contribution in [2.45, 2.75) is 12.8 Å². The van der Waals surface area contributed by atoms with Crippen molar-refractivity contribution in [3.63, 3.8) is 0 Å². The monoisotopic (exact) mass is 176 g/mol. The second-order valence-electron chi connectivity index (χ2n) is 3.45. The van der Waals surface area contributed by atoms with E-state index in [0.29, 0.717) is 6.61 Å². The molecule has 0 aliphatic carbocycles. The Morgan fingerprint density at radius 3 is 3.08 bits per heavy atom. The third kappa shape index (κ3) is 1.32. The highest BCUT2D eigenvalue weighted by Gasteiger charge is 2.27. The number of fused-ring (bicyclic) bond motifs is 1. The predicted molar refractivity (Wildman–Crippen MR) is 49.9 cm³/mol. The van der Waals surface area contributed by atoms with Gasteiger partial charge >= 0.3 is 0 Å². The molecule has 1 aliphatic heterocycles. The molecule has 68 valence electrons. The molecule has 0 saturated heterocycles. The minimum absolute atomic E-state index is 0.0450. The van der Waals surface area contributed by atoms with Crippen molar-refractivity contribution in [2.75, 3.05) is 6.61 Å². The average molecular weight is 176 g/mol. The summed E-state index contributed by atoms with van der Waals surface area (Å²) in [6, 6.07) is 7.92. The van der Waals surface area contributed by atoms with E-state index in [1.54, 1.807) is 0 Å². The van der Waals surface area contributed by atoms with Gasteiger partial charge in [-0.05, 0) is 6.07 Å². The van der Waals surface area contributed by atoms with Crippen LogP contribution < -0.4 is 4.74 Å². The van der Waals surface area contributed by atoms with Crippen molar-refractivity contribution >= 4 is 6.29 Å². The summed E-state index contributed by atoms with van der Waals surface area (Å²) < 4.78 is 5.48. The van der Waals surface area contributed by atoms with Crippen LogP contribution >= 0.6 is 0 Å². The summed E-state index contributed by atoms with van der Waals surface area (Å²) in [4.78, 5) is 10.6. The van der Waals surface area contributed by atoms with Gasteiger partial charge in [0.1, 0.15) is 12.0 Å². The maximum atomic E-state index is 10.6. The lowest BCUT2D eigenvalue weighted by Crippen LogP contribution is -2.12. The van der Waals surface area contributed by atoms with Gasteiger partial charge in [-0.1, -0.05) is 25.1 Å². The number of rotatable bonds is 2. The molecular formula is C11H12O2. The van der Waals surface area contributed by atoms with Crippen molar-refractivity contribution in [1.29, 1.82) is 0 Å². The van der Waals surface area contributed by atoms with E-state index >= 15 is 0 Å². The summed E-state index contributed by atoms with van der Waals surface area (Å²) in [5, 5.41) is 0. The number of benzene rings is 1. The van der Waals surface area contributed by atoms with Gasteiger partial charge in [0.15, 0.2) is 0 Å². The van der Waals surface area contributed by atoms with Crippen LogP contribution in [-0.2, 0) is 4.79 Å². The zero-order valence-corrected chi connectivity index (χ0v) is 7.57. The molecule has 13 heavy (non-hydrogen) atoms. The Hall–Kier alpha value is -1.31. The van der Waals surface area contributed by atoms with Crippen molar-refractivity contribution in [1.82, 2.24) is 0 Å². The van der Waals surface area contributed by atoms with Gasteiger partial charge in [-0.25, -0.2) is 0 Å². The highest BCUT2D eigenvalue weighted by molar-refractivity contribution is 5.57. The first-order chi connectivity index (χ1) is 6.33. The Kier molecular flexibility index (Phi) is 2.05. The molecule has 2 rings (SSSR count). The highest BCUT2D eigenvalue weighted by atomic mass is 16.5. The quantitative estimate of drug-likeness (QED) is 0.644. The normalized spacial score (nSPS) is 21.8. The second kappa shape index (κ2) is 3.21. The molecule has 0 saturated carbocycles. The van der Waals surface area contributed by atoms with Gasteiger partial charge in [0.05, 0.1) is 6.61 Å². The van der Waals surface area contributed by atoms with Crippen LogP contribution in [0.4, 0.5) is 0 Å². The topological polar surface area (TPSA) is 26.3 Å². The first kappa shape index (κ1) is 8.30. The summed E-state index contributed by atoms with van der Waals surface area (Å²) >= 11 is 0. The molecule has 1 aromatic carbocycles. The molecule has 0 radical (unpaired) electrons.